The number of benzene rings is 2. The summed E-state index contributed by atoms with van der Waals surface area (Å²) in [7, 11) is 5.60. The van der Waals surface area contributed by atoms with Crippen LogP contribution in [0, 0.1) is 5.82 Å². The number of methoxy groups -OCH3 is 1. The lowest BCUT2D eigenvalue weighted by Crippen LogP contribution is -2.47. The van der Waals surface area contributed by atoms with Gasteiger partial charge in [-0.2, -0.15) is 4.98 Å². The molecule has 2 aliphatic heterocycles. The van der Waals surface area contributed by atoms with Crippen molar-refractivity contribution in [1.29, 1.82) is 0 Å². The Bertz CT molecular complexity index is 1240. The number of hydrogen-bond acceptors (Lipinski definition) is 7. The molecule has 0 saturated carbocycles. The normalized spacial score (nSPS) is 15.4. The largest absolute Gasteiger partial charge is 0.497 e. The lowest BCUT2D eigenvalue weighted by atomic mass is 10.0. The molecule has 2 aliphatic rings. The Morgan fingerprint density at radius 3 is 2.27 bits per heavy atom. The van der Waals surface area contributed by atoms with Crippen molar-refractivity contribution in [3.8, 4) is 5.75 Å². The molecule has 1 saturated heterocycles. The van der Waals surface area contributed by atoms with Gasteiger partial charge in [-0.1, -0.05) is 12.1 Å². The zero-order valence-electron chi connectivity index (χ0n) is 21.7. The van der Waals surface area contributed by atoms with E-state index in [0.29, 0.717) is 25.9 Å². The van der Waals surface area contributed by atoms with E-state index in [1.54, 1.807) is 7.11 Å². The van der Waals surface area contributed by atoms with Crippen molar-refractivity contribution in [3.05, 3.63) is 71.2 Å². The van der Waals surface area contributed by atoms with Gasteiger partial charge < -0.3 is 24.3 Å². The Morgan fingerprint density at radius 1 is 0.946 bits per heavy atom. The highest BCUT2D eigenvalue weighted by molar-refractivity contribution is 5.79. The first-order valence-corrected chi connectivity index (χ1v) is 12.6. The van der Waals surface area contributed by atoms with Crippen molar-refractivity contribution < 1.29 is 13.9 Å². The van der Waals surface area contributed by atoms with E-state index in [0.717, 1.165) is 66.2 Å². The highest BCUT2D eigenvalue weighted by Crippen LogP contribution is 2.29. The monoisotopic (exact) mass is 504 g/mol. The average Bonchev–Trinajstić information content (AvgIpc) is 2.93. The van der Waals surface area contributed by atoms with Gasteiger partial charge in [-0.3, -0.25) is 4.79 Å². The third-order valence-electron chi connectivity index (χ3n) is 7.07. The number of anilines is 3. The third kappa shape index (κ3) is 5.45. The molecule has 0 aliphatic carbocycles. The lowest BCUT2D eigenvalue weighted by molar-refractivity contribution is -0.131. The Morgan fingerprint density at radius 2 is 1.62 bits per heavy atom. The number of aromatic nitrogens is 2. The smallest absolute Gasteiger partial charge is 0.227 e. The van der Waals surface area contributed by atoms with E-state index in [9.17, 15) is 9.18 Å². The molecular formula is C28H33FN6O2. The van der Waals surface area contributed by atoms with Crippen molar-refractivity contribution in [3.63, 3.8) is 0 Å². The van der Waals surface area contributed by atoms with Crippen molar-refractivity contribution in [1.82, 2.24) is 14.9 Å². The summed E-state index contributed by atoms with van der Waals surface area (Å²) in [5.41, 5.74) is 4.03. The van der Waals surface area contributed by atoms with Gasteiger partial charge in [-0.25, -0.2) is 9.37 Å². The molecule has 0 atom stereocenters. The first-order valence-electron chi connectivity index (χ1n) is 12.6. The standard InChI is InChI=1S/C28H33FN6O2/c1-32(2)27-24-19-35(26(36)18-20-4-10-23(37-3)11-5-20)13-12-25(24)30-28(31-27)34-16-14-33(15-17-34)22-8-6-21(29)7-9-22/h4-11H,12-19H2,1-3H3. The molecule has 37 heavy (non-hydrogen) atoms. The van der Waals surface area contributed by atoms with Gasteiger partial charge in [0.05, 0.1) is 25.8 Å². The first kappa shape index (κ1) is 24.8. The summed E-state index contributed by atoms with van der Waals surface area (Å²) in [6, 6.07) is 14.3. The number of halogens is 1. The van der Waals surface area contributed by atoms with Crippen LogP contribution >= 0.6 is 0 Å². The van der Waals surface area contributed by atoms with Gasteiger partial charge in [0, 0.05) is 64.5 Å². The Labute approximate surface area is 217 Å². The van der Waals surface area contributed by atoms with E-state index < -0.39 is 0 Å². The maximum Gasteiger partial charge on any atom is 0.227 e. The average molecular weight is 505 g/mol. The molecule has 0 unspecified atom stereocenters. The molecular weight excluding hydrogens is 471 g/mol. The maximum absolute atomic E-state index is 13.3. The van der Waals surface area contributed by atoms with Crippen molar-refractivity contribution in [2.24, 2.45) is 0 Å². The molecule has 0 N–H and O–H groups in total. The SMILES string of the molecule is COc1ccc(CC(=O)N2CCc3nc(N4CCN(c5ccc(F)cc5)CC4)nc(N(C)C)c3C2)cc1. The van der Waals surface area contributed by atoms with E-state index in [1.165, 1.54) is 12.1 Å². The summed E-state index contributed by atoms with van der Waals surface area (Å²) in [5.74, 6) is 2.26. The van der Waals surface area contributed by atoms with Crippen LogP contribution in [0.1, 0.15) is 16.8 Å². The molecule has 8 nitrogen and oxygen atoms in total. The molecule has 1 fully saturated rings. The van der Waals surface area contributed by atoms with Crippen LogP contribution < -0.4 is 19.4 Å². The number of rotatable bonds is 6. The topological polar surface area (TPSA) is 65.0 Å². The van der Waals surface area contributed by atoms with Gasteiger partial charge in [0.15, 0.2) is 0 Å². The highest BCUT2D eigenvalue weighted by Gasteiger charge is 2.28. The van der Waals surface area contributed by atoms with E-state index in [1.807, 2.05) is 60.3 Å². The van der Waals surface area contributed by atoms with Crippen LogP contribution in [0.2, 0.25) is 0 Å². The predicted octanol–water partition coefficient (Wildman–Crippen LogP) is 3.14. The molecule has 2 aromatic carbocycles. The second-order valence-corrected chi connectivity index (χ2v) is 9.71. The zero-order valence-corrected chi connectivity index (χ0v) is 21.7. The fourth-order valence-corrected chi connectivity index (χ4v) is 4.95. The van der Waals surface area contributed by atoms with Crippen LogP contribution in [0.4, 0.5) is 21.8 Å². The Balaban J connectivity index is 1.28. The summed E-state index contributed by atoms with van der Waals surface area (Å²) in [6.45, 7) is 4.36. The summed E-state index contributed by atoms with van der Waals surface area (Å²) in [5, 5.41) is 0. The fraction of sp³-hybridized carbons (Fsp3) is 0.393. The van der Waals surface area contributed by atoms with Gasteiger partial charge in [0.25, 0.3) is 0 Å². The maximum atomic E-state index is 13.3. The molecule has 0 bridgehead atoms. The van der Waals surface area contributed by atoms with Gasteiger partial charge >= 0.3 is 0 Å². The second kappa shape index (κ2) is 10.6. The number of piperazine rings is 1. The minimum Gasteiger partial charge on any atom is -0.497 e. The molecule has 3 aromatic rings. The number of ether oxygens (including phenoxy) is 1. The third-order valence-corrected chi connectivity index (χ3v) is 7.07. The highest BCUT2D eigenvalue weighted by atomic mass is 19.1. The van der Waals surface area contributed by atoms with Crippen molar-refractivity contribution >= 4 is 23.4 Å². The van der Waals surface area contributed by atoms with Crippen molar-refractivity contribution in [2.45, 2.75) is 19.4 Å². The zero-order chi connectivity index (χ0) is 25.9. The number of carbonyl (C=O) groups excluding carboxylic acids is 1. The van der Waals surface area contributed by atoms with Gasteiger partial charge in [-0.15, -0.1) is 0 Å². The summed E-state index contributed by atoms with van der Waals surface area (Å²) < 4.78 is 18.5. The molecule has 1 amide bonds. The fourth-order valence-electron chi connectivity index (χ4n) is 4.95. The van der Waals surface area contributed by atoms with Gasteiger partial charge in [0.2, 0.25) is 11.9 Å². The van der Waals surface area contributed by atoms with Crippen LogP contribution in [0.3, 0.4) is 0 Å². The van der Waals surface area contributed by atoms with Crippen molar-refractivity contribution in [2.75, 3.05) is 68.6 Å². The predicted molar refractivity (Wildman–Crippen MR) is 143 cm³/mol. The Kier molecular flexibility index (Phi) is 7.12. The number of nitrogens with zero attached hydrogens (tertiary/aromatic N) is 6. The number of amides is 1. The van der Waals surface area contributed by atoms with Crippen LogP contribution in [0.15, 0.2) is 48.5 Å². The number of hydrogen-bond donors (Lipinski definition) is 0. The molecule has 194 valence electrons. The van der Waals surface area contributed by atoms with Gasteiger partial charge in [0.1, 0.15) is 17.4 Å². The van der Waals surface area contributed by atoms with Crippen LogP contribution in [-0.2, 0) is 24.2 Å². The lowest BCUT2D eigenvalue weighted by Gasteiger charge is -2.37. The minimum atomic E-state index is -0.220. The molecule has 9 heteroatoms. The van der Waals surface area contributed by atoms with Crippen LogP contribution in [-0.4, -0.2) is 74.7 Å². The quantitative estimate of drug-likeness (QED) is 0.511. The van der Waals surface area contributed by atoms with E-state index >= 15 is 0 Å². The molecule has 0 radical (unpaired) electrons. The molecule has 5 rings (SSSR count). The van der Waals surface area contributed by atoms with Gasteiger partial charge in [-0.05, 0) is 42.0 Å². The molecule has 0 spiro atoms. The van der Waals surface area contributed by atoms with Crippen LogP contribution in [0.5, 0.6) is 5.75 Å². The Hall–Kier alpha value is -3.88. The summed E-state index contributed by atoms with van der Waals surface area (Å²) in [6.07, 6.45) is 1.06. The summed E-state index contributed by atoms with van der Waals surface area (Å²) in [4.78, 5) is 31.4. The molecule has 1 aromatic heterocycles. The first-order chi connectivity index (χ1) is 17.9. The second-order valence-electron chi connectivity index (χ2n) is 9.71. The minimum absolute atomic E-state index is 0.0986. The number of carbonyl (C=O) groups is 1. The number of fused-ring (bicyclic) bond motifs is 1. The van der Waals surface area contributed by atoms with E-state index in [4.69, 9.17) is 14.7 Å². The summed E-state index contributed by atoms with van der Waals surface area (Å²) >= 11 is 0. The van der Waals surface area contributed by atoms with E-state index in [2.05, 4.69) is 9.80 Å². The molecule has 3 heterocycles. The van der Waals surface area contributed by atoms with E-state index in [-0.39, 0.29) is 11.7 Å². The van der Waals surface area contributed by atoms with Crippen LogP contribution in [0.25, 0.3) is 0 Å².